The number of carbonyl (C=O) groups excluding carboxylic acids is 4. The third-order valence-corrected chi connectivity index (χ3v) is 15.3. The third kappa shape index (κ3) is 16.1. The van der Waals surface area contributed by atoms with Crippen molar-refractivity contribution in [3.8, 4) is 0 Å². The molecule has 4 rings (SSSR count). The van der Waals surface area contributed by atoms with Gasteiger partial charge in [-0.1, -0.05) is 47.0 Å². The van der Waals surface area contributed by atoms with E-state index in [9.17, 15) is 49.2 Å². The summed E-state index contributed by atoms with van der Waals surface area (Å²) in [7, 11) is 0. The molecule has 0 aromatic heterocycles. The van der Waals surface area contributed by atoms with Crippen LogP contribution >= 0.6 is 0 Å². The molecule has 0 bridgehead atoms. The number of amides is 4. The van der Waals surface area contributed by atoms with Crippen molar-refractivity contribution in [2.24, 2.45) is 46.3 Å². The lowest BCUT2D eigenvalue weighted by Gasteiger charge is -2.63. The number of hydrogen-bond donors (Lipinski definition) is 8. The van der Waals surface area contributed by atoms with Gasteiger partial charge in [-0.25, -0.2) is 10.3 Å². The Balaban J connectivity index is 0.983. The molecule has 4 aliphatic rings. The largest absolute Gasteiger partial charge is 0.481 e. The van der Waals surface area contributed by atoms with Gasteiger partial charge in [-0.15, -0.1) is 0 Å². The topological polar surface area (TPSA) is 278 Å². The van der Waals surface area contributed by atoms with Gasteiger partial charge in [0.25, 0.3) is 0 Å². The van der Waals surface area contributed by atoms with Crippen LogP contribution in [0, 0.1) is 46.3 Å². The summed E-state index contributed by atoms with van der Waals surface area (Å²) in [6.45, 7) is 9.78. The number of rotatable bonds is 31. The second-order valence-corrected chi connectivity index (χ2v) is 19.5. The van der Waals surface area contributed by atoms with E-state index in [0.717, 1.165) is 38.5 Å². The molecule has 0 radical (unpaired) electrons. The van der Waals surface area contributed by atoms with Crippen LogP contribution in [0.5, 0.6) is 0 Å². The van der Waals surface area contributed by atoms with Gasteiger partial charge in [0.2, 0.25) is 23.6 Å². The van der Waals surface area contributed by atoms with E-state index in [-0.39, 0.29) is 149 Å². The highest BCUT2D eigenvalue weighted by atomic mass is 16.7. The Morgan fingerprint density at radius 1 is 0.697 bits per heavy atom. The van der Waals surface area contributed by atoms with E-state index < -0.39 is 42.0 Å². The molecule has 0 saturated heterocycles. The average Bonchev–Trinajstić information content (AvgIpc) is 3.64. The second kappa shape index (κ2) is 27.5. The zero-order valence-electron chi connectivity index (χ0n) is 39.7. The molecule has 0 aromatic carbocycles. The number of unbranched alkanes of at least 4 members (excludes halogenated alkanes) is 2. The van der Waals surface area contributed by atoms with Gasteiger partial charge in [-0.2, -0.15) is 0 Å². The first-order valence-electron chi connectivity index (χ1n) is 24.4. The van der Waals surface area contributed by atoms with Gasteiger partial charge in [0.15, 0.2) is 0 Å². The molecule has 4 saturated carbocycles. The van der Waals surface area contributed by atoms with Crippen molar-refractivity contribution in [1.29, 1.82) is 0 Å². The van der Waals surface area contributed by atoms with Crippen LogP contribution in [0.1, 0.15) is 124 Å². The highest BCUT2D eigenvalue weighted by molar-refractivity contribution is 5.84. The van der Waals surface area contributed by atoms with E-state index in [2.05, 4.69) is 42.2 Å². The predicted octanol–water partition coefficient (Wildman–Crippen LogP) is 2.73. The molecule has 66 heavy (non-hydrogen) atoms. The quantitative estimate of drug-likeness (QED) is 0.0367. The summed E-state index contributed by atoms with van der Waals surface area (Å²) in [6, 6.07) is -0.936. The molecular formula is C47H80N4O15. The van der Waals surface area contributed by atoms with E-state index >= 15 is 0 Å². The van der Waals surface area contributed by atoms with Gasteiger partial charge in [-0.05, 0) is 104 Å². The number of hydrogen-bond acceptors (Lipinski definition) is 13. The monoisotopic (exact) mass is 941 g/mol. The number of hydroxylamine groups is 1. The Bertz CT molecular complexity index is 1570. The summed E-state index contributed by atoms with van der Waals surface area (Å²) >= 11 is 0. The molecule has 12 atom stereocenters. The van der Waals surface area contributed by atoms with Crippen molar-refractivity contribution < 1.29 is 73.0 Å². The summed E-state index contributed by atoms with van der Waals surface area (Å²) < 4.78 is 21.3. The maximum Gasteiger partial charge on any atom is 0.326 e. The zero-order chi connectivity index (χ0) is 48.3. The van der Waals surface area contributed by atoms with E-state index in [1.807, 2.05) is 6.92 Å². The van der Waals surface area contributed by atoms with E-state index in [0.29, 0.717) is 38.5 Å². The van der Waals surface area contributed by atoms with Crippen LogP contribution in [0.25, 0.3) is 0 Å². The number of nitrogens with one attached hydrogen (secondary N) is 4. The maximum absolute atomic E-state index is 12.6. The molecule has 1 unspecified atom stereocenters. The fourth-order valence-electron chi connectivity index (χ4n) is 11.7. The van der Waals surface area contributed by atoms with Crippen LogP contribution in [0.3, 0.4) is 0 Å². The second-order valence-electron chi connectivity index (χ2n) is 19.5. The molecule has 4 aliphatic carbocycles. The molecule has 0 aliphatic heterocycles. The minimum atomic E-state index is -1.07. The van der Waals surface area contributed by atoms with Crippen molar-refractivity contribution in [3.63, 3.8) is 0 Å². The number of aliphatic carboxylic acids is 2. The van der Waals surface area contributed by atoms with Crippen LogP contribution in [-0.2, 0) is 52.6 Å². The Morgan fingerprint density at radius 2 is 1.33 bits per heavy atom. The summed E-state index contributed by atoms with van der Waals surface area (Å²) in [4.78, 5) is 77.3. The van der Waals surface area contributed by atoms with Crippen molar-refractivity contribution in [3.05, 3.63) is 0 Å². The number of carboxylic acids is 2. The predicted molar refractivity (Wildman–Crippen MR) is 239 cm³/mol. The van der Waals surface area contributed by atoms with E-state index in [1.54, 1.807) is 0 Å². The Labute approximate surface area is 389 Å². The standard InChI is InChI=1S/C47H80N4O15/c1-5-6-7-8-36(45(60)61)50-42(57)29-65-24-22-63-20-18-49-41(56)28-64-23-21-62-19-17-48-39(54)12-13-40(55)51-66-32-15-16-46(3)31(25-32)26-37(52)44-34-11-10-33(30(2)9-14-43(58)59)47(34,4)38(53)27-35(44)46/h30-38,44,52-53H,5-29H2,1-4H3,(H,48,54)(H,49,56)(H,50,57)(H,51,55)(H,58,59)(H,60,61)/t30-,31+,32+,33-,34?,35+,36+,37-,38+,44+,46+,47-/m1/s1. The first kappa shape index (κ1) is 55.1. The van der Waals surface area contributed by atoms with Gasteiger partial charge in [-0.3, -0.25) is 28.8 Å². The molecule has 4 amide bonds. The summed E-state index contributed by atoms with van der Waals surface area (Å²) in [5, 5.41) is 49.9. The molecule has 0 aromatic rings. The first-order chi connectivity index (χ1) is 31.5. The lowest BCUT2D eigenvalue weighted by atomic mass is 9.43. The average molecular weight is 941 g/mol. The Morgan fingerprint density at radius 3 is 1.98 bits per heavy atom. The van der Waals surface area contributed by atoms with Gasteiger partial charge in [0.05, 0.1) is 58.0 Å². The van der Waals surface area contributed by atoms with Crippen molar-refractivity contribution >= 4 is 35.6 Å². The summed E-state index contributed by atoms with van der Waals surface area (Å²) in [6.07, 6.45) is 7.73. The van der Waals surface area contributed by atoms with Crippen molar-refractivity contribution in [2.45, 2.75) is 148 Å². The summed E-state index contributed by atoms with van der Waals surface area (Å²) in [5.41, 5.74) is 2.11. The number of fused-ring (bicyclic) bond motifs is 5. The molecule has 0 heterocycles. The number of carbonyl (C=O) groups is 6. The maximum atomic E-state index is 12.6. The van der Waals surface area contributed by atoms with E-state index in [4.69, 9.17) is 23.8 Å². The minimum absolute atomic E-state index is 0.0248. The van der Waals surface area contributed by atoms with Crippen LogP contribution < -0.4 is 21.4 Å². The van der Waals surface area contributed by atoms with Crippen LogP contribution in [0.4, 0.5) is 0 Å². The van der Waals surface area contributed by atoms with Gasteiger partial charge in [0, 0.05) is 32.4 Å². The molecule has 0 spiro atoms. The number of aliphatic hydroxyl groups is 2. The first-order valence-corrected chi connectivity index (χ1v) is 24.4. The van der Waals surface area contributed by atoms with Crippen molar-refractivity contribution in [1.82, 2.24) is 21.4 Å². The number of carboxylic acid groups (broad SMARTS) is 2. The third-order valence-electron chi connectivity index (χ3n) is 15.3. The van der Waals surface area contributed by atoms with Gasteiger partial charge < -0.3 is 55.3 Å². The van der Waals surface area contributed by atoms with Gasteiger partial charge in [0.1, 0.15) is 19.3 Å². The molecule has 8 N–H and O–H groups in total. The fraction of sp³-hybridized carbons (Fsp3) is 0.872. The summed E-state index contributed by atoms with van der Waals surface area (Å²) in [5.74, 6) is -2.42. The van der Waals surface area contributed by atoms with Crippen molar-refractivity contribution in [2.75, 3.05) is 65.9 Å². The Kier molecular flexibility index (Phi) is 23.0. The lowest BCUT2D eigenvalue weighted by Crippen LogP contribution is -2.62. The highest BCUT2D eigenvalue weighted by Crippen LogP contribution is 2.68. The molecule has 378 valence electrons. The molecule has 19 nitrogen and oxygen atoms in total. The zero-order valence-corrected chi connectivity index (χ0v) is 39.7. The molecule has 19 heteroatoms. The SMILES string of the molecule is CCCCC[C@H](NC(=O)COCCOCCNC(=O)COCCOCCNC(=O)CCC(=O)NO[C@H]1CC[C@@]2(C)[C@@H](C1)C[C@@H](O)[C@H]1C3CC[C@H]([C@H](C)CCC(=O)O)[C@@]3(C)[C@@H](O)C[C@@H]12)C(=O)O. The van der Waals surface area contributed by atoms with Crippen LogP contribution in [0.2, 0.25) is 0 Å². The normalized spacial score (nSPS) is 29.9. The van der Waals surface area contributed by atoms with Crippen LogP contribution in [-0.4, -0.2) is 146 Å². The van der Waals surface area contributed by atoms with Crippen LogP contribution in [0.15, 0.2) is 0 Å². The Hall–Kier alpha value is -3.46. The van der Waals surface area contributed by atoms with Gasteiger partial charge >= 0.3 is 11.9 Å². The molecule has 4 fully saturated rings. The highest BCUT2D eigenvalue weighted by Gasteiger charge is 2.65. The molecular weight excluding hydrogens is 861 g/mol. The number of ether oxygens (including phenoxy) is 4. The lowest BCUT2D eigenvalue weighted by molar-refractivity contribution is -0.212. The van der Waals surface area contributed by atoms with E-state index in [1.165, 1.54) is 0 Å². The minimum Gasteiger partial charge on any atom is -0.481 e. The smallest absolute Gasteiger partial charge is 0.326 e. The fourth-order valence-corrected chi connectivity index (χ4v) is 11.7. The number of aliphatic hydroxyl groups excluding tert-OH is 2.